The maximum atomic E-state index is 12.6. The van der Waals surface area contributed by atoms with Crippen molar-refractivity contribution in [3.63, 3.8) is 0 Å². The average Bonchev–Trinajstić information content (AvgIpc) is 3.14. The Morgan fingerprint density at radius 3 is 2.55 bits per heavy atom. The zero-order valence-electron chi connectivity index (χ0n) is 11.6. The predicted molar refractivity (Wildman–Crippen MR) is 82.5 cm³/mol. The van der Waals surface area contributed by atoms with Crippen LogP contribution in [-0.4, -0.2) is 31.9 Å². The molecule has 0 heterocycles. The lowest BCUT2D eigenvalue weighted by molar-refractivity contribution is 0.123. The molecule has 1 aromatic rings. The molecule has 0 radical (unpaired) electrons. The maximum absolute atomic E-state index is 12.6. The van der Waals surface area contributed by atoms with E-state index in [2.05, 4.69) is 0 Å². The van der Waals surface area contributed by atoms with Gasteiger partial charge >= 0.3 is 0 Å². The van der Waals surface area contributed by atoms with Gasteiger partial charge in [0, 0.05) is 6.61 Å². The van der Waals surface area contributed by atoms with Crippen LogP contribution in [0.2, 0.25) is 0 Å². The highest BCUT2D eigenvalue weighted by molar-refractivity contribution is 7.92. The van der Waals surface area contributed by atoms with Crippen molar-refractivity contribution in [2.75, 3.05) is 13.2 Å². The third kappa shape index (κ3) is 2.60. The molecule has 4 nitrogen and oxygen atoms in total. The van der Waals surface area contributed by atoms with Gasteiger partial charge in [-0.2, -0.15) is 0 Å². The van der Waals surface area contributed by atoms with E-state index in [1.807, 2.05) is 13.8 Å². The Balaban J connectivity index is 2.28. The van der Waals surface area contributed by atoms with Crippen molar-refractivity contribution in [1.29, 1.82) is 0 Å². The summed E-state index contributed by atoms with van der Waals surface area (Å²) in [6, 6.07) is 6.85. The molecular weight excluding hydrogens is 294 g/mol. The van der Waals surface area contributed by atoms with E-state index >= 15 is 0 Å². The summed E-state index contributed by atoms with van der Waals surface area (Å²) in [6.45, 7) is 4.57. The van der Waals surface area contributed by atoms with E-state index in [1.165, 1.54) is 0 Å². The average molecular weight is 313 g/mol. The first-order valence-corrected chi connectivity index (χ1v) is 8.48. The fraction of sp³-hybridized carbons (Fsp3) is 0.500. The SMILES string of the molecule is CCOC[C@@]1(C(N)=S)C[C@@H]1S(=O)(=O)c1ccc(C)cc1. The van der Waals surface area contributed by atoms with Crippen molar-refractivity contribution in [2.45, 2.75) is 30.4 Å². The number of hydrogen-bond acceptors (Lipinski definition) is 4. The Labute approximate surface area is 125 Å². The quantitative estimate of drug-likeness (QED) is 0.812. The Hall–Kier alpha value is -0.980. The minimum atomic E-state index is -3.41. The van der Waals surface area contributed by atoms with Crippen LogP contribution in [-0.2, 0) is 14.6 Å². The number of ether oxygens (including phenoxy) is 1. The highest BCUT2D eigenvalue weighted by atomic mass is 32.2. The zero-order chi connectivity index (χ0) is 15.0. The number of rotatable bonds is 6. The van der Waals surface area contributed by atoms with Crippen LogP contribution in [0.4, 0.5) is 0 Å². The lowest BCUT2D eigenvalue weighted by Gasteiger charge is -2.16. The molecule has 20 heavy (non-hydrogen) atoms. The van der Waals surface area contributed by atoms with Gasteiger partial charge in [0.2, 0.25) is 0 Å². The molecule has 6 heteroatoms. The molecular formula is C14H19NO3S2. The fourth-order valence-electron chi connectivity index (χ4n) is 2.34. The van der Waals surface area contributed by atoms with Crippen LogP contribution in [0, 0.1) is 12.3 Å². The lowest BCUT2D eigenvalue weighted by Crippen LogP contribution is -2.33. The van der Waals surface area contributed by atoms with E-state index in [1.54, 1.807) is 24.3 Å². The van der Waals surface area contributed by atoms with E-state index in [0.717, 1.165) is 5.56 Å². The monoisotopic (exact) mass is 313 g/mol. The first-order valence-electron chi connectivity index (χ1n) is 6.53. The first-order chi connectivity index (χ1) is 9.34. The Morgan fingerprint density at radius 2 is 2.05 bits per heavy atom. The van der Waals surface area contributed by atoms with Crippen molar-refractivity contribution >= 4 is 27.0 Å². The van der Waals surface area contributed by atoms with Crippen molar-refractivity contribution in [3.05, 3.63) is 29.8 Å². The molecule has 1 fully saturated rings. The minimum Gasteiger partial charge on any atom is -0.393 e. The van der Waals surface area contributed by atoms with Gasteiger partial charge < -0.3 is 10.5 Å². The fourth-order valence-corrected chi connectivity index (χ4v) is 4.85. The third-order valence-corrected chi connectivity index (χ3v) is 6.49. The van der Waals surface area contributed by atoms with Crippen LogP contribution in [0.25, 0.3) is 0 Å². The Kier molecular flexibility index (Phi) is 4.18. The molecule has 2 rings (SSSR count). The van der Waals surface area contributed by atoms with Gasteiger partial charge in [-0.25, -0.2) is 8.42 Å². The molecule has 1 aliphatic carbocycles. The summed E-state index contributed by atoms with van der Waals surface area (Å²) in [5.74, 6) is 0. The van der Waals surface area contributed by atoms with Crippen molar-refractivity contribution in [3.8, 4) is 0 Å². The number of hydrogen-bond donors (Lipinski definition) is 1. The van der Waals surface area contributed by atoms with Gasteiger partial charge in [0.25, 0.3) is 0 Å². The second kappa shape index (κ2) is 5.42. The summed E-state index contributed by atoms with van der Waals surface area (Å²) in [4.78, 5) is 0.550. The van der Waals surface area contributed by atoms with Gasteiger partial charge in [-0.05, 0) is 32.4 Å². The van der Waals surface area contributed by atoms with E-state index in [0.29, 0.717) is 17.9 Å². The van der Waals surface area contributed by atoms with Gasteiger partial charge in [-0.1, -0.05) is 29.9 Å². The number of aryl methyl sites for hydroxylation is 1. The normalized spacial score (nSPS) is 25.4. The standard InChI is InChI=1S/C14H19NO3S2/c1-3-18-9-14(13(15)19)8-12(14)20(16,17)11-6-4-10(2)5-7-11/h4-7,12H,3,8-9H2,1-2H3,(H2,15,19)/t12-,14-/m0/s1. The number of thiocarbonyl (C=S) groups is 1. The summed E-state index contributed by atoms with van der Waals surface area (Å²) in [7, 11) is -3.41. The smallest absolute Gasteiger partial charge is 0.182 e. The summed E-state index contributed by atoms with van der Waals surface area (Å²) in [5, 5.41) is -0.568. The second-order valence-corrected chi connectivity index (χ2v) is 7.78. The number of sulfone groups is 1. The van der Waals surface area contributed by atoms with Gasteiger partial charge in [0.05, 0.1) is 27.2 Å². The third-order valence-electron chi connectivity index (χ3n) is 3.78. The Bertz CT molecular complexity index is 610. The summed E-state index contributed by atoms with van der Waals surface area (Å²) in [6.07, 6.45) is 0.443. The van der Waals surface area contributed by atoms with Gasteiger partial charge in [-0.15, -0.1) is 0 Å². The largest absolute Gasteiger partial charge is 0.393 e. The molecule has 1 aromatic carbocycles. The molecule has 0 bridgehead atoms. The van der Waals surface area contributed by atoms with Crippen molar-refractivity contribution in [2.24, 2.45) is 11.1 Å². The highest BCUT2D eigenvalue weighted by Gasteiger charge is 2.63. The number of nitrogens with two attached hydrogens (primary N) is 1. The maximum Gasteiger partial charge on any atom is 0.182 e. The molecule has 110 valence electrons. The molecule has 1 saturated carbocycles. The molecule has 1 aliphatic rings. The summed E-state index contributed by atoms with van der Waals surface area (Å²) >= 11 is 5.06. The van der Waals surface area contributed by atoms with Crippen LogP contribution < -0.4 is 5.73 Å². The Morgan fingerprint density at radius 1 is 1.45 bits per heavy atom. The molecule has 0 saturated heterocycles. The van der Waals surface area contributed by atoms with E-state index in [-0.39, 0.29) is 11.6 Å². The molecule has 0 spiro atoms. The van der Waals surface area contributed by atoms with Crippen LogP contribution in [0.1, 0.15) is 18.9 Å². The molecule has 0 amide bonds. The topological polar surface area (TPSA) is 69.4 Å². The van der Waals surface area contributed by atoms with Gasteiger partial charge in [0.1, 0.15) is 0 Å². The van der Waals surface area contributed by atoms with E-state index in [4.69, 9.17) is 22.7 Å². The predicted octanol–water partition coefficient (Wildman–Crippen LogP) is 1.85. The molecule has 0 unspecified atom stereocenters. The number of benzene rings is 1. The van der Waals surface area contributed by atoms with Crippen molar-refractivity contribution < 1.29 is 13.2 Å². The van der Waals surface area contributed by atoms with Gasteiger partial charge in [-0.3, -0.25) is 0 Å². The highest BCUT2D eigenvalue weighted by Crippen LogP contribution is 2.53. The van der Waals surface area contributed by atoms with Crippen molar-refractivity contribution in [1.82, 2.24) is 0 Å². The summed E-state index contributed by atoms with van der Waals surface area (Å²) < 4.78 is 30.6. The lowest BCUT2D eigenvalue weighted by atomic mass is 10.1. The van der Waals surface area contributed by atoms with E-state index in [9.17, 15) is 8.42 Å². The zero-order valence-corrected chi connectivity index (χ0v) is 13.3. The van der Waals surface area contributed by atoms with E-state index < -0.39 is 20.5 Å². The minimum absolute atomic E-state index is 0.228. The van der Waals surface area contributed by atoms with Gasteiger partial charge in [0.15, 0.2) is 9.84 Å². The summed E-state index contributed by atoms with van der Waals surface area (Å²) in [5.41, 5.74) is 6.07. The molecule has 2 N–H and O–H groups in total. The molecule has 0 aliphatic heterocycles. The molecule has 2 atom stereocenters. The van der Waals surface area contributed by atoms with Crippen LogP contribution in [0.5, 0.6) is 0 Å². The molecule has 0 aromatic heterocycles. The van der Waals surface area contributed by atoms with Crippen LogP contribution in [0.3, 0.4) is 0 Å². The van der Waals surface area contributed by atoms with Crippen LogP contribution in [0.15, 0.2) is 29.2 Å². The first kappa shape index (κ1) is 15.4. The second-order valence-electron chi connectivity index (χ2n) is 5.21. The van der Waals surface area contributed by atoms with Crippen LogP contribution >= 0.6 is 12.2 Å².